The molecular weight excluding hydrogens is 248 g/mol. The van der Waals surface area contributed by atoms with Crippen LogP contribution in [0.5, 0.6) is 0 Å². The topological polar surface area (TPSA) is 43.4 Å². The molecule has 0 aliphatic rings. The number of rotatable bonds is 4. The molecule has 0 radical (unpaired) electrons. The summed E-state index contributed by atoms with van der Waals surface area (Å²) in [5.41, 5.74) is 1.12. The summed E-state index contributed by atoms with van der Waals surface area (Å²) in [7, 11) is -3.63. The van der Waals surface area contributed by atoms with E-state index in [1.165, 1.54) is 0 Å². The summed E-state index contributed by atoms with van der Waals surface area (Å²) in [5.74, 6) is 0. The molecule has 0 N–H and O–H groups in total. The maximum Gasteiger partial charge on any atom is 0.297 e. The van der Waals surface area contributed by atoms with Crippen LogP contribution < -0.4 is 0 Å². The third-order valence-electron chi connectivity index (χ3n) is 2.87. The van der Waals surface area contributed by atoms with E-state index in [1.54, 1.807) is 19.1 Å². The summed E-state index contributed by atoms with van der Waals surface area (Å²) in [6, 6.07) is 6.90. The van der Waals surface area contributed by atoms with Crippen LogP contribution in [0.25, 0.3) is 0 Å². The molecule has 0 saturated carbocycles. The smallest absolute Gasteiger partial charge is 0.263 e. The van der Waals surface area contributed by atoms with Crippen LogP contribution >= 0.6 is 0 Å². The molecule has 1 aromatic carbocycles. The number of benzene rings is 1. The Bertz CT molecular complexity index is 481. The molecule has 1 rings (SSSR count). The van der Waals surface area contributed by atoms with Gasteiger partial charge in [0.1, 0.15) is 0 Å². The molecule has 0 heterocycles. The van der Waals surface area contributed by atoms with E-state index in [4.69, 9.17) is 4.18 Å². The van der Waals surface area contributed by atoms with Crippen molar-refractivity contribution in [2.24, 2.45) is 0 Å². The van der Waals surface area contributed by atoms with Gasteiger partial charge in [-0.05, 0) is 36.5 Å². The Morgan fingerprint density at radius 2 is 1.67 bits per heavy atom. The Morgan fingerprint density at radius 1 is 1.17 bits per heavy atom. The fourth-order valence-corrected chi connectivity index (χ4v) is 2.61. The zero-order valence-electron chi connectivity index (χ0n) is 11.7. The third-order valence-corrected chi connectivity index (χ3v) is 4.31. The van der Waals surface area contributed by atoms with Gasteiger partial charge in [0, 0.05) is 0 Å². The van der Waals surface area contributed by atoms with Crippen LogP contribution in [-0.2, 0) is 19.7 Å². The van der Waals surface area contributed by atoms with Gasteiger partial charge in [0.2, 0.25) is 0 Å². The van der Waals surface area contributed by atoms with Gasteiger partial charge >= 0.3 is 0 Å². The predicted octanol–water partition coefficient (Wildman–Crippen LogP) is 3.49. The molecule has 4 heteroatoms. The molecule has 0 aliphatic heterocycles. The Balaban J connectivity index is 2.98. The van der Waals surface area contributed by atoms with Gasteiger partial charge in [0.05, 0.1) is 11.0 Å². The molecule has 0 aromatic heterocycles. The average molecular weight is 270 g/mol. The molecule has 0 amide bonds. The van der Waals surface area contributed by atoms with Gasteiger partial charge in [-0.15, -0.1) is 0 Å². The van der Waals surface area contributed by atoms with Crippen LogP contribution in [0.15, 0.2) is 29.2 Å². The highest BCUT2D eigenvalue weighted by Gasteiger charge is 2.20. The standard InChI is InChI=1S/C14H22O3S/c1-6-11(2)17-18(15,16)13-9-7-12(8-10-13)14(3,4)5/h7-11H,6H2,1-5H3. The zero-order valence-corrected chi connectivity index (χ0v) is 12.5. The largest absolute Gasteiger partial charge is 0.297 e. The summed E-state index contributed by atoms with van der Waals surface area (Å²) in [4.78, 5) is 0.218. The molecule has 0 fully saturated rings. The fourth-order valence-electron chi connectivity index (χ4n) is 1.46. The van der Waals surface area contributed by atoms with Gasteiger partial charge in [0.15, 0.2) is 0 Å². The minimum atomic E-state index is -3.63. The van der Waals surface area contributed by atoms with E-state index in [2.05, 4.69) is 20.8 Å². The van der Waals surface area contributed by atoms with Crippen LogP contribution in [-0.4, -0.2) is 14.5 Å². The van der Waals surface area contributed by atoms with E-state index >= 15 is 0 Å². The minimum Gasteiger partial charge on any atom is -0.263 e. The highest BCUT2D eigenvalue weighted by atomic mass is 32.2. The maximum absolute atomic E-state index is 11.9. The van der Waals surface area contributed by atoms with Crippen molar-refractivity contribution < 1.29 is 12.6 Å². The molecule has 3 nitrogen and oxygen atoms in total. The lowest BCUT2D eigenvalue weighted by Gasteiger charge is -2.19. The number of hydrogen-bond donors (Lipinski definition) is 0. The Labute approximate surface area is 110 Å². The van der Waals surface area contributed by atoms with Crippen LogP contribution in [0.3, 0.4) is 0 Å². The molecule has 0 saturated heterocycles. The first-order valence-electron chi connectivity index (χ1n) is 6.20. The minimum absolute atomic E-state index is 0.0137. The van der Waals surface area contributed by atoms with Crippen molar-refractivity contribution in [3.05, 3.63) is 29.8 Å². The summed E-state index contributed by atoms with van der Waals surface area (Å²) in [6.07, 6.45) is 0.372. The maximum atomic E-state index is 11.9. The van der Waals surface area contributed by atoms with Crippen LogP contribution in [0.1, 0.15) is 46.6 Å². The van der Waals surface area contributed by atoms with Gasteiger partial charge < -0.3 is 0 Å². The van der Waals surface area contributed by atoms with Crippen molar-refractivity contribution >= 4 is 10.1 Å². The molecule has 0 aliphatic carbocycles. The second-order valence-corrected chi connectivity index (χ2v) is 7.12. The molecule has 1 atom stereocenters. The van der Waals surface area contributed by atoms with Gasteiger partial charge in [-0.2, -0.15) is 8.42 Å². The van der Waals surface area contributed by atoms with Crippen LogP contribution in [0, 0.1) is 0 Å². The number of hydrogen-bond acceptors (Lipinski definition) is 3. The average Bonchev–Trinajstić information content (AvgIpc) is 2.27. The monoisotopic (exact) mass is 270 g/mol. The Hall–Kier alpha value is -0.870. The van der Waals surface area contributed by atoms with Crippen LogP contribution in [0.2, 0.25) is 0 Å². The SMILES string of the molecule is CCC(C)OS(=O)(=O)c1ccc(C(C)(C)C)cc1. The third kappa shape index (κ3) is 3.82. The second-order valence-electron chi connectivity index (χ2n) is 5.54. The van der Waals surface area contributed by atoms with Crippen molar-refractivity contribution in [2.75, 3.05) is 0 Å². The highest BCUT2D eigenvalue weighted by Crippen LogP contribution is 2.24. The quantitative estimate of drug-likeness (QED) is 0.787. The van der Waals surface area contributed by atoms with Crippen molar-refractivity contribution in [1.82, 2.24) is 0 Å². The van der Waals surface area contributed by atoms with Crippen molar-refractivity contribution in [3.8, 4) is 0 Å². The van der Waals surface area contributed by atoms with E-state index in [0.29, 0.717) is 6.42 Å². The fraction of sp³-hybridized carbons (Fsp3) is 0.571. The predicted molar refractivity (Wildman–Crippen MR) is 73.2 cm³/mol. The lowest BCUT2D eigenvalue weighted by Crippen LogP contribution is -2.15. The van der Waals surface area contributed by atoms with Gasteiger partial charge in [0.25, 0.3) is 10.1 Å². The van der Waals surface area contributed by atoms with Crippen molar-refractivity contribution in [1.29, 1.82) is 0 Å². The van der Waals surface area contributed by atoms with Gasteiger partial charge in [-0.25, -0.2) is 0 Å². The second kappa shape index (κ2) is 5.41. The molecule has 0 bridgehead atoms. The van der Waals surface area contributed by atoms with Crippen LogP contribution in [0.4, 0.5) is 0 Å². The first-order chi connectivity index (χ1) is 8.16. The molecule has 1 unspecified atom stereocenters. The molecule has 1 aromatic rings. The van der Waals surface area contributed by atoms with Gasteiger partial charge in [-0.1, -0.05) is 39.8 Å². The van der Waals surface area contributed by atoms with Crippen molar-refractivity contribution in [3.63, 3.8) is 0 Å². The molecular formula is C14H22O3S. The van der Waals surface area contributed by atoms with Crippen molar-refractivity contribution in [2.45, 2.75) is 57.5 Å². The Morgan fingerprint density at radius 3 is 2.06 bits per heavy atom. The van der Waals surface area contributed by atoms with E-state index < -0.39 is 10.1 Å². The lowest BCUT2D eigenvalue weighted by molar-refractivity contribution is 0.224. The highest BCUT2D eigenvalue weighted by molar-refractivity contribution is 7.86. The van der Waals surface area contributed by atoms with Gasteiger partial charge in [-0.3, -0.25) is 4.18 Å². The summed E-state index contributed by atoms with van der Waals surface area (Å²) < 4.78 is 29.0. The first kappa shape index (κ1) is 15.2. The summed E-state index contributed by atoms with van der Waals surface area (Å²) in [6.45, 7) is 9.91. The normalized spacial score (nSPS) is 14.5. The van der Waals surface area contributed by atoms with E-state index in [0.717, 1.165) is 5.56 Å². The van der Waals surface area contributed by atoms with E-state index in [9.17, 15) is 8.42 Å². The van der Waals surface area contributed by atoms with E-state index in [-0.39, 0.29) is 16.4 Å². The summed E-state index contributed by atoms with van der Waals surface area (Å²) in [5, 5.41) is 0. The van der Waals surface area contributed by atoms with E-state index in [1.807, 2.05) is 19.1 Å². The molecule has 102 valence electrons. The Kier molecular flexibility index (Phi) is 4.56. The summed E-state index contributed by atoms with van der Waals surface area (Å²) >= 11 is 0. The molecule has 0 spiro atoms. The first-order valence-corrected chi connectivity index (χ1v) is 7.61. The molecule has 18 heavy (non-hydrogen) atoms. The lowest BCUT2D eigenvalue weighted by atomic mass is 9.87. The zero-order chi connectivity index (χ0) is 14.0.